The van der Waals surface area contributed by atoms with E-state index in [2.05, 4.69) is 52.4 Å². The molecule has 1 aromatic rings. The van der Waals surface area contributed by atoms with E-state index in [0.717, 1.165) is 28.0 Å². The van der Waals surface area contributed by atoms with Gasteiger partial charge in [-0.1, -0.05) is 6.92 Å². The van der Waals surface area contributed by atoms with Gasteiger partial charge in [0.2, 0.25) is 5.91 Å². The average molecular weight is 326 g/mol. The summed E-state index contributed by atoms with van der Waals surface area (Å²) >= 11 is 3.61. The number of anilines is 2. The zero-order valence-electron chi connectivity index (χ0n) is 11.7. The number of benzene rings is 1. The molecule has 19 heavy (non-hydrogen) atoms. The van der Waals surface area contributed by atoms with Crippen molar-refractivity contribution in [3.05, 3.63) is 22.2 Å². The lowest BCUT2D eigenvalue weighted by atomic mass is 10.1. The van der Waals surface area contributed by atoms with Crippen LogP contribution in [0.1, 0.15) is 32.4 Å². The molecule has 0 aromatic heterocycles. The van der Waals surface area contributed by atoms with Crippen LogP contribution in [-0.4, -0.2) is 25.5 Å². The van der Waals surface area contributed by atoms with Gasteiger partial charge in [0.15, 0.2) is 0 Å². The van der Waals surface area contributed by atoms with Gasteiger partial charge in [-0.15, -0.1) is 0 Å². The molecule has 5 heteroatoms. The maximum Gasteiger partial charge on any atom is 0.246 e. The lowest BCUT2D eigenvalue weighted by Crippen LogP contribution is -2.27. The van der Waals surface area contributed by atoms with Gasteiger partial charge in [-0.05, 0) is 48.5 Å². The molecule has 0 spiro atoms. The maximum absolute atomic E-state index is 11.9. The van der Waals surface area contributed by atoms with Crippen LogP contribution in [0, 0.1) is 0 Å². The number of likely N-dealkylation sites (N-methyl/N-ethyl adjacent to an activating group) is 1. The van der Waals surface area contributed by atoms with Gasteiger partial charge in [0.05, 0.1) is 5.69 Å². The Hall–Kier alpha value is -1.07. The number of nitrogens with zero attached hydrogens (tertiary/aromatic N) is 1. The van der Waals surface area contributed by atoms with Gasteiger partial charge >= 0.3 is 0 Å². The second-order valence-electron chi connectivity index (χ2n) is 5.08. The molecule has 1 aliphatic heterocycles. The largest absolute Gasteiger partial charge is 0.371 e. The SMILES string of the molecule is CCNC1C(=O)Nc2cc(N(C)C(C)C)c(Br)cc21. The number of carbonyl (C=O) groups is 1. The molecule has 4 nitrogen and oxygen atoms in total. The Balaban J connectivity index is 2.41. The fraction of sp³-hybridized carbons (Fsp3) is 0.500. The third kappa shape index (κ3) is 2.62. The Morgan fingerprint density at radius 2 is 2.16 bits per heavy atom. The maximum atomic E-state index is 11.9. The third-order valence-electron chi connectivity index (χ3n) is 3.51. The first-order chi connectivity index (χ1) is 8.95. The first-order valence-electron chi connectivity index (χ1n) is 6.56. The number of halogens is 1. The van der Waals surface area contributed by atoms with Gasteiger partial charge in [-0.3, -0.25) is 4.79 Å². The van der Waals surface area contributed by atoms with Crippen molar-refractivity contribution in [3.63, 3.8) is 0 Å². The summed E-state index contributed by atoms with van der Waals surface area (Å²) in [6.07, 6.45) is 0. The van der Waals surface area contributed by atoms with Crippen LogP contribution in [-0.2, 0) is 4.79 Å². The molecule has 1 heterocycles. The molecule has 0 bridgehead atoms. The van der Waals surface area contributed by atoms with Crippen LogP contribution in [0.3, 0.4) is 0 Å². The Kier molecular flexibility index (Phi) is 4.16. The highest BCUT2D eigenvalue weighted by molar-refractivity contribution is 9.10. The van der Waals surface area contributed by atoms with E-state index >= 15 is 0 Å². The zero-order valence-corrected chi connectivity index (χ0v) is 13.3. The third-order valence-corrected chi connectivity index (χ3v) is 4.15. The Bertz CT molecular complexity index is 502. The van der Waals surface area contributed by atoms with Gasteiger partial charge in [-0.2, -0.15) is 0 Å². The molecule has 104 valence electrons. The lowest BCUT2D eigenvalue weighted by Gasteiger charge is -2.25. The quantitative estimate of drug-likeness (QED) is 0.894. The van der Waals surface area contributed by atoms with Crippen LogP contribution in [0.2, 0.25) is 0 Å². The van der Waals surface area contributed by atoms with Crippen molar-refractivity contribution in [2.24, 2.45) is 0 Å². The summed E-state index contributed by atoms with van der Waals surface area (Å²) in [5.41, 5.74) is 3.01. The second kappa shape index (κ2) is 5.51. The molecular formula is C14H20BrN3O. The van der Waals surface area contributed by atoms with Crippen molar-refractivity contribution in [1.29, 1.82) is 0 Å². The van der Waals surface area contributed by atoms with E-state index in [-0.39, 0.29) is 11.9 Å². The molecule has 2 N–H and O–H groups in total. The first kappa shape index (κ1) is 14.3. The van der Waals surface area contributed by atoms with E-state index in [0.29, 0.717) is 6.04 Å². The number of carbonyl (C=O) groups excluding carboxylic acids is 1. The molecule has 1 amide bonds. The van der Waals surface area contributed by atoms with Gasteiger partial charge < -0.3 is 15.5 Å². The van der Waals surface area contributed by atoms with E-state index in [1.165, 1.54) is 0 Å². The summed E-state index contributed by atoms with van der Waals surface area (Å²) in [5.74, 6) is 0.0214. The highest BCUT2D eigenvalue weighted by Gasteiger charge is 2.31. The van der Waals surface area contributed by atoms with E-state index < -0.39 is 0 Å². The smallest absolute Gasteiger partial charge is 0.246 e. The average Bonchev–Trinajstić information content (AvgIpc) is 2.64. The predicted molar refractivity (Wildman–Crippen MR) is 82.7 cm³/mol. The molecule has 1 atom stereocenters. The topological polar surface area (TPSA) is 44.4 Å². The van der Waals surface area contributed by atoms with E-state index in [1.807, 2.05) is 19.1 Å². The van der Waals surface area contributed by atoms with Crippen LogP contribution >= 0.6 is 15.9 Å². The molecule has 0 radical (unpaired) electrons. The fourth-order valence-electron chi connectivity index (χ4n) is 2.23. The minimum absolute atomic E-state index is 0.0214. The van der Waals surface area contributed by atoms with Crippen molar-refractivity contribution in [2.45, 2.75) is 32.9 Å². The highest BCUT2D eigenvalue weighted by atomic mass is 79.9. The summed E-state index contributed by atoms with van der Waals surface area (Å²) in [6, 6.07) is 4.23. The molecule has 2 rings (SSSR count). The van der Waals surface area contributed by atoms with Crippen LogP contribution in [0.25, 0.3) is 0 Å². The van der Waals surface area contributed by atoms with Crippen molar-refractivity contribution < 1.29 is 4.79 Å². The van der Waals surface area contributed by atoms with E-state index in [4.69, 9.17) is 0 Å². The van der Waals surface area contributed by atoms with Gasteiger partial charge in [0.25, 0.3) is 0 Å². The molecule has 1 aliphatic rings. The van der Waals surface area contributed by atoms with Gasteiger partial charge in [0, 0.05) is 28.8 Å². The number of nitrogens with one attached hydrogen (secondary N) is 2. The number of hydrogen-bond donors (Lipinski definition) is 2. The Labute approximate surface area is 122 Å². The van der Waals surface area contributed by atoms with E-state index in [1.54, 1.807) is 0 Å². The molecule has 0 saturated carbocycles. The normalized spacial score (nSPS) is 17.6. The number of rotatable bonds is 4. The number of hydrogen-bond acceptors (Lipinski definition) is 3. The standard InChI is InChI=1S/C14H20BrN3O/c1-5-16-13-9-6-10(15)12(18(4)8(2)3)7-11(9)17-14(13)19/h6-8,13,16H,5H2,1-4H3,(H,17,19). The lowest BCUT2D eigenvalue weighted by molar-refractivity contribution is -0.117. The summed E-state index contributed by atoms with van der Waals surface area (Å²) in [5, 5.41) is 6.15. The number of amides is 1. The first-order valence-corrected chi connectivity index (χ1v) is 7.35. The van der Waals surface area contributed by atoms with Gasteiger partial charge in [-0.25, -0.2) is 0 Å². The van der Waals surface area contributed by atoms with Crippen LogP contribution in [0.15, 0.2) is 16.6 Å². The summed E-state index contributed by atoms with van der Waals surface area (Å²) in [7, 11) is 2.05. The fourth-order valence-corrected chi connectivity index (χ4v) is 2.87. The predicted octanol–water partition coefficient (Wildman–Crippen LogP) is 2.90. The molecule has 1 aromatic carbocycles. The zero-order chi connectivity index (χ0) is 14.2. The highest BCUT2D eigenvalue weighted by Crippen LogP contribution is 2.39. The summed E-state index contributed by atoms with van der Waals surface area (Å²) in [6.45, 7) is 7.05. The minimum Gasteiger partial charge on any atom is -0.371 e. The van der Waals surface area contributed by atoms with Crippen molar-refractivity contribution in [2.75, 3.05) is 23.8 Å². The van der Waals surface area contributed by atoms with Crippen molar-refractivity contribution >= 4 is 33.2 Å². The van der Waals surface area contributed by atoms with Crippen molar-refractivity contribution in [3.8, 4) is 0 Å². The molecule has 0 saturated heterocycles. The molecular weight excluding hydrogens is 306 g/mol. The monoisotopic (exact) mass is 325 g/mol. The molecule has 0 fully saturated rings. The van der Waals surface area contributed by atoms with Crippen LogP contribution in [0.5, 0.6) is 0 Å². The number of fused-ring (bicyclic) bond motifs is 1. The van der Waals surface area contributed by atoms with Gasteiger partial charge in [0.1, 0.15) is 6.04 Å². The van der Waals surface area contributed by atoms with E-state index in [9.17, 15) is 4.79 Å². The molecule has 0 aliphatic carbocycles. The van der Waals surface area contributed by atoms with Crippen LogP contribution < -0.4 is 15.5 Å². The summed E-state index contributed by atoms with van der Waals surface area (Å²) in [4.78, 5) is 14.1. The van der Waals surface area contributed by atoms with Crippen LogP contribution in [0.4, 0.5) is 11.4 Å². The second-order valence-corrected chi connectivity index (χ2v) is 5.93. The Morgan fingerprint density at radius 1 is 1.47 bits per heavy atom. The Morgan fingerprint density at radius 3 is 2.74 bits per heavy atom. The van der Waals surface area contributed by atoms with Crippen molar-refractivity contribution in [1.82, 2.24) is 5.32 Å². The minimum atomic E-state index is -0.241. The molecule has 1 unspecified atom stereocenters. The summed E-state index contributed by atoms with van der Waals surface area (Å²) < 4.78 is 1.02.